The summed E-state index contributed by atoms with van der Waals surface area (Å²) in [5, 5.41) is 0. The first-order chi connectivity index (χ1) is 6.77. The van der Waals surface area contributed by atoms with Crippen LogP contribution in [0.3, 0.4) is 0 Å². The van der Waals surface area contributed by atoms with Crippen LogP contribution in [-0.4, -0.2) is 0 Å². The molecular weight excluding hydrogens is 168 g/mol. The summed E-state index contributed by atoms with van der Waals surface area (Å²) in [5.41, 5.74) is 2.98. The summed E-state index contributed by atoms with van der Waals surface area (Å²) in [5.74, 6) is 1.75. The van der Waals surface area contributed by atoms with Crippen LogP contribution in [0.25, 0.3) is 0 Å². The SMILES string of the molecule is CC(C)=CC[C@H]1C[C@@H]1c1ccccc1. The van der Waals surface area contributed by atoms with Crippen molar-refractivity contribution in [3.8, 4) is 0 Å². The van der Waals surface area contributed by atoms with E-state index in [1.165, 1.54) is 24.0 Å². The van der Waals surface area contributed by atoms with E-state index >= 15 is 0 Å². The Morgan fingerprint density at radius 2 is 2.00 bits per heavy atom. The third-order valence-corrected chi connectivity index (χ3v) is 2.98. The molecule has 14 heavy (non-hydrogen) atoms. The Hall–Kier alpha value is -1.04. The molecule has 0 radical (unpaired) electrons. The average Bonchev–Trinajstić information content (AvgIpc) is 2.95. The Morgan fingerprint density at radius 1 is 1.29 bits per heavy atom. The van der Waals surface area contributed by atoms with Crippen LogP contribution in [-0.2, 0) is 0 Å². The molecule has 1 aromatic rings. The van der Waals surface area contributed by atoms with Crippen LogP contribution in [0.1, 0.15) is 38.2 Å². The molecule has 1 saturated carbocycles. The minimum Gasteiger partial charge on any atom is -0.0856 e. The molecule has 0 bridgehead atoms. The van der Waals surface area contributed by atoms with Crippen molar-refractivity contribution in [2.24, 2.45) is 5.92 Å². The first-order valence-electron chi connectivity index (χ1n) is 5.45. The number of benzene rings is 1. The maximum absolute atomic E-state index is 2.37. The third-order valence-electron chi connectivity index (χ3n) is 2.98. The lowest BCUT2D eigenvalue weighted by molar-refractivity contribution is 0.814. The highest BCUT2D eigenvalue weighted by Gasteiger charge is 2.36. The van der Waals surface area contributed by atoms with Gasteiger partial charge in [0.25, 0.3) is 0 Å². The van der Waals surface area contributed by atoms with E-state index in [-0.39, 0.29) is 0 Å². The Labute approximate surface area is 86.7 Å². The Bertz CT molecular complexity index is 317. The molecule has 0 spiro atoms. The molecule has 0 unspecified atom stereocenters. The second-order valence-corrected chi connectivity index (χ2v) is 4.53. The number of rotatable bonds is 3. The standard InChI is InChI=1S/C14H18/c1-11(2)8-9-13-10-14(13)12-6-4-3-5-7-12/h3-8,13-14H,9-10H2,1-2H3/t13-,14+/m0/s1. The van der Waals surface area contributed by atoms with Crippen LogP contribution < -0.4 is 0 Å². The summed E-state index contributed by atoms with van der Waals surface area (Å²) in [6.07, 6.45) is 5.02. The van der Waals surface area contributed by atoms with Gasteiger partial charge < -0.3 is 0 Å². The van der Waals surface area contributed by atoms with E-state index in [1.54, 1.807) is 0 Å². The highest BCUT2D eigenvalue weighted by molar-refractivity contribution is 5.26. The predicted molar refractivity (Wildman–Crippen MR) is 61.3 cm³/mol. The topological polar surface area (TPSA) is 0 Å². The largest absolute Gasteiger partial charge is 0.0856 e. The fraction of sp³-hybridized carbons (Fsp3) is 0.429. The first kappa shape index (κ1) is 9.51. The molecule has 0 heterocycles. The van der Waals surface area contributed by atoms with Gasteiger partial charge in [0, 0.05) is 0 Å². The number of allylic oxidation sites excluding steroid dienone is 2. The fourth-order valence-corrected chi connectivity index (χ4v) is 2.00. The van der Waals surface area contributed by atoms with Crippen molar-refractivity contribution >= 4 is 0 Å². The summed E-state index contributed by atoms with van der Waals surface area (Å²) in [6.45, 7) is 4.36. The zero-order valence-electron chi connectivity index (χ0n) is 9.03. The molecule has 0 saturated heterocycles. The molecule has 0 amide bonds. The second-order valence-electron chi connectivity index (χ2n) is 4.53. The van der Waals surface area contributed by atoms with Crippen molar-refractivity contribution < 1.29 is 0 Å². The molecule has 1 aliphatic carbocycles. The summed E-state index contributed by atoms with van der Waals surface area (Å²) in [6, 6.07) is 10.9. The van der Waals surface area contributed by atoms with Crippen LogP contribution in [0.5, 0.6) is 0 Å². The highest BCUT2D eigenvalue weighted by atomic mass is 14.4. The maximum Gasteiger partial charge on any atom is -0.0127 e. The van der Waals surface area contributed by atoms with E-state index in [4.69, 9.17) is 0 Å². The molecule has 0 heteroatoms. The van der Waals surface area contributed by atoms with Crippen molar-refractivity contribution in [2.75, 3.05) is 0 Å². The van der Waals surface area contributed by atoms with Gasteiger partial charge in [0.1, 0.15) is 0 Å². The second kappa shape index (κ2) is 4.00. The van der Waals surface area contributed by atoms with Crippen molar-refractivity contribution in [3.05, 3.63) is 47.5 Å². The molecule has 74 valence electrons. The molecule has 0 aliphatic heterocycles. The normalized spacial score (nSPS) is 24.4. The van der Waals surface area contributed by atoms with Crippen molar-refractivity contribution in [1.29, 1.82) is 0 Å². The summed E-state index contributed by atoms with van der Waals surface area (Å²) < 4.78 is 0. The summed E-state index contributed by atoms with van der Waals surface area (Å²) in [4.78, 5) is 0. The zero-order valence-corrected chi connectivity index (χ0v) is 9.03. The Morgan fingerprint density at radius 3 is 2.64 bits per heavy atom. The average molecular weight is 186 g/mol. The maximum atomic E-state index is 2.37. The van der Waals surface area contributed by atoms with Gasteiger partial charge in [-0.3, -0.25) is 0 Å². The van der Waals surface area contributed by atoms with Gasteiger partial charge >= 0.3 is 0 Å². The van der Waals surface area contributed by atoms with Crippen molar-refractivity contribution in [1.82, 2.24) is 0 Å². The van der Waals surface area contributed by atoms with E-state index in [9.17, 15) is 0 Å². The molecule has 0 aromatic heterocycles. The monoisotopic (exact) mass is 186 g/mol. The number of hydrogen-bond acceptors (Lipinski definition) is 0. The molecule has 2 atom stereocenters. The molecule has 1 fully saturated rings. The lowest BCUT2D eigenvalue weighted by atomic mass is 10.1. The Balaban J connectivity index is 1.91. The third kappa shape index (κ3) is 2.25. The summed E-state index contributed by atoms with van der Waals surface area (Å²) >= 11 is 0. The van der Waals surface area contributed by atoms with Gasteiger partial charge in [-0.2, -0.15) is 0 Å². The first-order valence-corrected chi connectivity index (χ1v) is 5.45. The smallest absolute Gasteiger partial charge is 0.0127 e. The predicted octanol–water partition coefficient (Wildman–Crippen LogP) is 4.15. The minimum atomic E-state index is 0.840. The fourth-order valence-electron chi connectivity index (χ4n) is 2.00. The number of hydrogen-bond donors (Lipinski definition) is 0. The lowest BCUT2D eigenvalue weighted by Gasteiger charge is -1.97. The highest BCUT2D eigenvalue weighted by Crippen LogP contribution is 2.49. The molecule has 0 nitrogen and oxygen atoms in total. The Kier molecular flexibility index (Phi) is 2.72. The van der Waals surface area contributed by atoms with Gasteiger partial charge in [-0.25, -0.2) is 0 Å². The molecule has 1 aromatic carbocycles. The summed E-state index contributed by atoms with van der Waals surface area (Å²) in [7, 11) is 0. The van der Waals surface area contributed by atoms with Crippen LogP contribution in [0.15, 0.2) is 42.0 Å². The van der Waals surface area contributed by atoms with Crippen LogP contribution in [0.2, 0.25) is 0 Å². The van der Waals surface area contributed by atoms with Crippen LogP contribution in [0, 0.1) is 5.92 Å². The van der Waals surface area contributed by atoms with Gasteiger partial charge in [-0.15, -0.1) is 0 Å². The van der Waals surface area contributed by atoms with Gasteiger partial charge in [-0.1, -0.05) is 42.0 Å². The minimum absolute atomic E-state index is 0.840. The van der Waals surface area contributed by atoms with E-state index < -0.39 is 0 Å². The van der Waals surface area contributed by atoms with E-state index in [0.29, 0.717) is 0 Å². The van der Waals surface area contributed by atoms with Crippen molar-refractivity contribution in [2.45, 2.75) is 32.6 Å². The van der Waals surface area contributed by atoms with Crippen LogP contribution >= 0.6 is 0 Å². The lowest BCUT2D eigenvalue weighted by Crippen LogP contribution is -1.82. The quantitative estimate of drug-likeness (QED) is 0.622. The van der Waals surface area contributed by atoms with Gasteiger partial charge in [0.15, 0.2) is 0 Å². The zero-order chi connectivity index (χ0) is 9.97. The van der Waals surface area contributed by atoms with Crippen molar-refractivity contribution in [3.63, 3.8) is 0 Å². The van der Waals surface area contributed by atoms with Gasteiger partial charge in [-0.05, 0) is 44.1 Å². The van der Waals surface area contributed by atoms with E-state index in [2.05, 4.69) is 50.3 Å². The molecule has 0 N–H and O–H groups in total. The van der Waals surface area contributed by atoms with E-state index in [1.807, 2.05) is 0 Å². The van der Waals surface area contributed by atoms with Gasteiger partial charge in [0.05, 0.1) is 0 Å². The molecular formula is C14H18. The van der Waals surface area contributed by atoms with Crippen LogP contribution in [0.4, 0.5) is 0 Å². The molecule has 2 rings (SSSR count). The molecule has 1 aliphatic rings. The van der Waals surface area contributed by atoms with E-state index in [0.717, 1.165) is 11.8 Å². The van der Waals surface area contributed by atoms with Gasteiger partial charge in [0.2, 0.25) is 0 Å².